The SMILES string of the molecule is CN(CC(=O)Nc1ccccc1Cl)C(=O)CNc1ccccc1OC(F)(F)F. The highest BCUT2D eigenvalue weighted by molar-refractivity contribution is 6.33. The molecular weight excluding hydrogens is 399 g/mol. The highest BCUT2D eigenvalue weighted by Gasteiger charge is 2.32. The summed E-state index contributed by atoms with van der Waals surface area (Å²) in [4.78, 5) is 25.3. The van der Waals surface area contributed by atoms with E-state index in [1.165, 1.54) is 25.2 Å². The fourth-order valence-electron chi connectivity index (χ4n) is 2.19. The lowest BCUT2D eigenvalue weighted by Gasteiger charge is -2.19. The lowest BCUT2D eigenvalue weighted by atomic mass is 10.3. The van der Waals surface area contributed by atoms with E-state index in [1.807, 2.05) is 0 Å². The molecule has 10 heteroatoms. The Morgan fingerprint density at radius 3 is 2.32 bits per heavy atom. The van der Waals surface area contributed by atoms with Gasteiger partial charge < -0.3 is 20.3 Å². The van der Waals surface area contributed by atoms with Gasteiger partial charge in [-0.05, 0) is 24.3 Å². The van der Waals surface area contributed by atoms with Crippen LogP contribution in [0.3, 0.4) is 0 Å². The predicted molar refractivity (Wildman–Crippen MR) is 99.3 cm³/mol. The predicted octanol–water partition coefficient (Wildman–Crippen LogP) is 3.75. The average molecular weight is 416 g/mol. The summed E-state index contributed by atoms with van der Waals surface area (Å²) in [5, 5.41) is 5.51. The smallest absolute Gasteiger partial charge is 0.404 e. The molecule has 0 fully saturated rings. The molecule has 0 atom stereocenters. The van der Waals surface area contributed by atoms with E-state index in [0.29, 0.717) is 10.7 Å². The molecule has 0 heterocycles. The van der Waals surface area contributed by atoms with E-state index in [0.717, 1.165) is 11.0 Å². The van der Waals surface area contributed by atoms with Gasteiger partial charge >= 0.3 is 6.36 Å². The summed E-state index contributed by atoms with van der Waals surface area (Å²) < 4.78 is 41.2. The summed E-state index contributed by atoms with van der Waals surface area (Å²) in [6, 6.07) is 12.0. The summed E-state index contributed by atoms with van der Waals surface area (Å²) in [7, 11) is 1.40. The third-order valence-electron chi connectivity index (χ3n) is 3.50. The molecule has 0 aliphatic carbocycles. The zero-order valence-electron chi connectivity index (χ0n) is 14.7. The molecule has 2 N–H and O–H groups in total. The second-order valence-electron chi connectivity index (χ2n) is 5.68. The number of para-hydroxylation sites is 3. The maximum atomic E-state index is 12.4. The van der Waals surface area contributed by atoms with Crippen molar-refractivity contribution in [3.63, 3.8) is 0 Å². The Hall–Kier alpha value is -2.94. The molecule has 0 aliphatic heterocycles. The van der Waals surface area contributed by atoms with Crippen molar-refractivity contribution < 1.29 is 27.5 Å². The molecule has 0 radical (unpaired) electrons. The van der Waals surface area contributed by atoms with Gasteiger partial charge in [-0.2, -0.15) is 0 Å². The molecule has 2 amide bonds. The van der Waals surface area contributed by atoms with Crippen molar-refractivity contribution in [2.75, 3.05) is 30.8 Å². The minimum Gasteiger partial charge on any atom is -0.404 e. The van der Waals surface area contributed by atoms with Gasteiger partial charge in [-0.3, -0.25) is 9.59 Å². The van der Waals surface area contributed by atoms with E-state index in [1.54, 1.807) is 24.3 Å². The first-order chi connectivity index (χ1) is 13.2. The molecule has 6 nitrogen and oxygen atoms in total. The third-order valence-corrected chi connectivity index (χ3v) is 3.83. The number of nitrogens with zero attached hydrogens (tertiary/aromatic N) is 1. The summed E-state index contributed by atoms with van der Waals surface area (Å²) in [6.45, 7) is -0.583. The average Bonchev–Trinajstić information content (AvgIpc) is 2.61. The van der Waals surface area contributed by atoms with E-state index in [4.69, 9.17) is 11.6 Å². The highest BCUT2D eigenvalue weighted by Crippen LogP contribution is 2.29. The Morgan fingerprint density at radius 1 is 1.07 bits per heavy atom. The monoisotopic (exact) mass is 415 g/mol. The van der Waals surface area contributed by atoms with Crippen LogP contribution >= 0.6 is 11.6 Å². The first kappa shape index (κ1) is 21.4. The van der Waals surface area contributed by atoms with Gasteiger partial charge in [0, 0.05) is 7.05 Å². The molecule has 0 unspecified atom stereocenters. The normalized spacial score (nSPS) is 10.9. The zero-order valence-corrected chi connectivity index (χ0v) is 15.5. The van der Waals surface area contributed by atoms with Crippen LogP contribution in [0.25, 0.3) is 0 Å². The van der Waals surface area contributed by atoms with Crippen LogP contribution in [-0.4, -0.2) is 43.2 Å². The standard InChI is InChI=1S/C18H17ClF3N3O3/c1-25(11-16(26)24-13-7-3-2-6-12(13)19)17(27)10-23-14-8-4-5-9-15(14)28-18(20,21)22/h2-9,23H,10-11H2,1H3,(H,24,26). The number of hydrogen-bond acceptors (Lipinski definition) is 4. The largest absolute Gasteiger partial charge is 0.573 e. The first-order valence-electron chi connectivity index (χ1n) is 8.02. The van der Waals surface area contributed by atoms with Crippen molar-refractivity contribution in [3.05, 3.63) is 53.6 Å². The second kappa shape index (κ2) is 9.32. The molecule has 28 heavy (non-hydrogen) atoms. The number of halogens is 4. The van der Waals surface area contributed by atoms with Gasteiger partial charge in [0.25, 0.3) is 0 Å². The Bertz CT molecular complexity index is 846. The number of benzene rings is 2. The van der Waals surface area contributed by atoms with Crippen molar-refractivity contribution in [2.45, 2.75) is 6.36 Å². The van der Waals surface area contributed by atoms with Crippen molar-refractivity contribution in [1.82, 2.24) is 4.90 Å². The van der Waals surface area contributed by atoms with Gasteiger partial charge in [0.1, 0.15) is 0 Å². The number of alkyl halides is 3. The maximum absolute atomic E-state index is 12.4. The van der Waals surface area contributed by atoms with E-state index < -0.39 is 23.9 Å². The number of likely N-dealkylation sites (N-methyl/N-ethyl adjacent to an activating group) is 1. The van der Waals surface area contributed by atoms with Gasteiger partial charge in [0.2, 0.25) is 11.8 Å². The van der Waals surface area contributed by atoms with Crippen LogP contribution < -0.4 is 15.4 Å². The van der Waals surface area contributed by atoms with Crippen LogP contribution in [0.1, 0.15) is 0 Å². The Balaban J connectivity index is 1.89. The van der Waals surface area contributed by atoms with Crippen LogP contribution in [0.15, 0.2) is 48.5 Å². The van der Waals surface area contributed by atoms with Gasteiger partial charge in [-0.15, -0.1) is 13.2 Å². The van der Waals surface area contributed by atoms with E-state index in [2.05, 4.69) is 15.4 Å². The molecule has 2 rings (SSSR count). The van der Waals surface area contributed by atoms with E-state index in [-0.39, 0.29) is 18.8 Å². The zero-order chi connectivity index (χ0) is 20.7. The maximum Gasteiger partial charge on any atom is 0.573 e. The number of ether oxygens (including phenoxy) is 1. The quantitative estimate of drug-likeness (QED) is 0.722. The number of rotatable bonds is 7. The number of carbonyl (C=O) groups excluding carboxylic acids is 2. The Labute approximate surface area is 164 Å². The molecule has 0 saturated heterocycles. The van der Waals surface area contributed by atoms with Gasteiger partial charge in [-0.1, -0.05) is 35.9 Å². The molecule has 150 valence electrons. The fraction of sp³-hybridized carbons (Fsp3) is 0.222. The number of anilines is 2. The van der Waals surface area contributed by atoms with Crippen LogP contribution in [0, 0.1) is 0 Å². The van der Waals surface area contributed by atoms with E-state index >= 15 is 0 Å². The Morgan fingerprint density at radius 2 is 1.68 bits per heavy atom. The van der Waals surface area contributed by atoms with Crippen LogP contribution in [-0.2, 0) is 9.59 Å². The second-order valence-corrected chi connectivity index (χ2v) is 6.08. The van der Waals surface area contributed by atoms with E-state index in [9.17, 15) is 22.8 Å². The number of carbonyl (C=O) groups is 2. The Kier molecular flexibility index (Phi) is 7.11. The lowest BCUT2D eigenvalue weighted by molar-refractivity contribution is -0.274. The summed E-state index contributed by atoms with van der Waals surface area (Å²) in [5.41, 5.74) is 0.411. The number of nitrogens with one attached hydrogen (secondary N) is 2. The molecule has 0 spiro atoms. The van der Waals surface area contributed by atoms with Crippen LogP contribution in [0.2, 0.25) is 5.02 Å². The summed E-state index contributed by atoms with van der Waals surface area (Å²) >= 11 is 5.95. The topological polar surface area (TPSA) is 70.7 Å². The summed E-state index contributed by atoms with van der Waals surface area (Å²) in [6.07, 6.45) is -4.85. The lowest BCUT2D eigenvalue weighted by Crippen LogP contribution is -2.38. The van der Waals surface area contributed by atoms with Crippen LogP contribution in [0.5, 0.6) is 5.75 Å². The molecular formula is C18H17ClF3N3O3. The molecule has 0 saturated carbocycles. The first-order valence-corrected chi connectivity index (χ1v) is 8.40. The van der Waals surface area contributed by atoms with Gasteiger partial charge in [0.05, 0.1) is 29.5 Å². The van der Waals surface area contributed by atoms with Gasteiger partial charge in [0.15, 0.2) is 5.75 Å². The van der Waals surface area contributed by atoms with Crippen molar-refractivity contribution in [2.24, 2.45) is 0 Å². The van der Waals surface area contributed by atoms with Crippen LogP contribution in [0.4, 0.5) is 24.5 Å². The molecule has 2 aromatic carbocycles. The van der Waals surface area contributed by atoms with Crippen molar-refractivity contribution >= 4 is 34.8 Å². The van der Waals surface area contributed by atoms with Gasteiger partial charge in [-0.25, -0.2) is 0 Å². The van der Waals surface area contributed by atoms with Crippen molar-refractivity contribution in [1.29, 1.82) is 0 Å². The number of hydrogen-bond donors (Lipinski definition) is 2. The molecule has 0 bridgehead atoms. The minimum atomic E-state index is -4.85. The fourth-order valence-corrected chi connectivity index (χ4v) is 2.37. The molecule has 2 aromatic rings. The summed E-state index contributed by atoms with van der Waals surface area (Å²) in [5.74, 6) is -1.43. The number of amides is 2. The molecule has 0 aromatic heterocycles. The third kappa shape index (κ3) is 6.66. The molecule has 0 aliphatic rings. The minimum absolute atomic E-state index is 0.00194. The highest BCUT2D eigenvalue weighted by atomic mass is 35.5. The van der Waals surface area contributed by atoms with Crippen molar-refractivity contribution in [3.8, 4) is 5.75 Å².